The Kier molecular flexibility index (Phi) is 21.4. The Labute approximate surface area is 450 Å². The predicted molar refractivity (Wildman–Crippen MR) is 280 cm³/mol. The van der Waals surface area contributed by atoms with Crippen molar-refractivity contribution in [2.75, 3.05) is 33.9 Å². The molecule has 5 N–H and O–H groups in total. The number of methoxy groups -OCH3 is 2. The second-order valence-electron chi connectivity index (χ2n) is 22.3. The number of rotatable bonds is 17. The van der Waals surface area contributed by atoms with Crippen LogP contribution in [-0.2, 0) is 61.8 Å². The van der Waals surface area contributed by atoms with Crippen molar-refractivity contribution >= 4 is 17.9 Å². The molecule has 0 aromatic carbocycles. The molecular formula is C57H89N3O16. The van der Waals surface area contributed by atoms with E-state index in [1.54, 1.807) is 33.3 Å². The monoisotopic (exact) mass is 1070 g/mol. The number of aliphatic hydroxyl groups excluding tert-OH is 1. The topological polar surface area (TPSA) is 229 Å². The van der Waals surface area contributed by atoms with E-state index in [1.165, 1.54) is 6.92 Å². The van der Waals surface area contributed by atoms with Crippen molar-refractivity contribution in [3.8, 4) is 0 Å². The minimum atomic E-state index is -1.86. The summed E-state index contributed by atoms with van der Waals surface area (Å²) in [5.41, 5.74) is 2.56. The Bertz CT molecular complexity index is 2120. The van der Waals surface area contributed by atoms with E-state index in [2.05, 4.69) is 56.0 Å². The molecule has 2 bridgehead atoms. The van der Waals surface area contributed by atoms with Crippen LogP contribution >= 0.6 is 0 Å². The van der Waals surface area contributed by atoms with E-state index in [9.17, 15) is 24.6 Å². The largest absolute Gasteiger partial charge is 0.462 e. The van der Waals surface area contributed by atoms with E-state index >= 15 is 0 Å². The second kappa shape index (κ2) is 27.1. The molecule has 7 aliphatic rings. The number of carbonyl (C=O) groups excluding carboxylic acids is 3. The van der Waals surface area contributed by atoms with Crippen LogP contribution in [0.2, 0.25) is 0 Å². The lowest BCUT2D eigenvalue weighted by Crippen LogP contribution is -2.58. The maximum atomic E-state index is 14.4. The molecule has 19 nitrogen and oxygen atoms in total. The van der Waals surface area contributed by atoms with E-state index < -0.39 is 109 Å². The molecule has 3 amide bonds. The van der Waals surface area contributed by atoms with Crippen molar-refractivity contribution in [1.29, 1.82) is 0 Å². The molecule has 7 rings (SSSR count). The van der Waals surface area contributed by atoms with Gasteiger partial charge in [0.05, 0.1) is 49.3 Å². The summed E-state index contributed by atoms with van der Waals surface area (Å²) in [6, 6.07) is -0.461. The fourth-order valence-electron chi connectivity index (χ4n) is 11.9. The number of hydrogen-bond acceptors (Lipinski definition) is 16. The first-order chi connectivity index (χ1) is 36.3. The van der Waals surface area contributed by atoms with Gasteiger partial charge in [-0.05, 0) is 75.7 Å². The Balaban J connectivity index is 1.04. The first kappa shape index (κ1) is 60.1. The molecule has 1 aliphatic carbocycles. The van der Waals surface area contributed by atoms with Crippen LogP contribution < -0.4 is 16.1 Å². The van der Waals surface area contributed by atoms with Crippen LogP contribution in [0, 0.1) is 23.7 Å². The van der Waals surface area contributed by atoms with Crippen molar-refractivity contribution in [2.24, 2.45) is 23.7 Å². The summed E-state index contributed by atoms with van der Waals surface area (Å²) in [4.78, 5) is 43.9. The van der Waals surface area contributed by atoms with Gasteiger partial charge in [0.15, 0.2) is 18.4 Å². The number of urea groups is 1. The average molecular weight is 1070 g/mol. The van der Waals surface area contributed by atoms with Crippen molar-refractivity contribution < 1.29 is 76.8 Å². The molecule has 76 heavy (non-hydrogen) atoms. The number of amides is 3. The summed E-state index contributed by atoms with van der Waals surface area (Å²) < 4.78 is 64.9. The molecule has 20 atom stereocenters. The number of nitrogens with one attached hydrogen (secondary N) is 3. The Morgan fingerprint density at radius 1 is 0.855 bits per heavy atom. The third kappa shape index (κ3) is 14.4. The third-order valence-corrected chi connectivity index (χ3v) is 16.5. The van der Waals surface area contributed by atoms with Gasteiger partial charge in [-0.25, -0.2) is 10.3 Å². The molecule has 0 aromatic rings. The van der Waals surface area contributed by atoms with Crippen molar-refractivity contribution in [3.63, 3.8) is 0 Å². The molecule has 1 spiro atoms. The summed E-state index contributed by atoms with van der Waals surface area (Å²) in [6.07, 6.45) is 11.5. The van der Waals surface area contributed by atoms with Gasteiger partial charge in [-0.1, -0.05) is 83.4 Å². The van der Waals surface area contributed by atoms with Gasteiger partial charge in [0.1, 0.15) is 42.0 Å². The lowest BCUT2D eigenvalue weighted by Gasteiger charge is -2.48. The first-order valence-corrected chi connectivity index (χ1v) is 27.9. The quantitative estimate of drug-likeness (QED) is 0.0465. The molecule has 4 saturated heterocycles. The zero-order chi connectivity index (χ0) is 54.9. The molecule has 6 aliphatic heterocycles. The molecule has 0 aromatic heterocycles. The molecular weight excluding hydrogens is 983 g/mol. The molecule has 19 heteroatoms. The average Bonchev–Trinajstić information content (AvgIpc) is 3.73. The summed E-state index contributed by atoms with van der Waals surface area (Å²) >= 11 is 0. The lowest BCUT2D eigenvalue weighted by molar-refractivity contribution is -0.322. The zero-order valence-electron chi connectivity index (χ0n) is 46.7. The van der Waals surface area contributed by atoms with Crippen LogP contribution in [0.1, 0.15) is 127 Å². The van der Waals surface area contributed by atoms with Gasteiger partial charge in [-0.2, -0.15) is 0 Å². The number of unbranched alkanes of at least 4 members (excludes halogenated alkanes) is 3. The Hall–Kier alpha value is -3.57. The van der Waals surface area contributed by atoms with Gasteiger partial charge in [0.2, 0.25) is 5.91 Å². The van der Waals surface area contributed by atoms with Crippen LogP contribution in [0.3, 0.4) is 0 Å². The zero-order valence-corrected chi connectivity index (χ0v) is 46.7. The molecule has 1 unspecified atom stereocenters. The molecule has 428 valence electrons. The van der Waals surface area contributed by atoms with Crippen LogP contribution in [0.5, 0.6) is 0 Å². The number of carbonyl (C=O) groups is 3. The standard InChI is InChI=1S/C57H89N3O16/c1-12-32(2)50-35(5)22-23-56(75-50)30-42-27-41(74-56)21-20-34(4)49(33(3)18-17-19-40-31-68-53-48(62)36(6)26-43(54(63)71-42)57(40,53)65)72-46-28-44(66-10)51(37(7)69-46)73-47-29-45(67-11)52(38(8)70-47)76-60-55(64)59-25-16-14-13-15-24-58-39(9)61/h17-20,22-23,26,32-33,35,37-38,41-53,62,65H,12-16,21,24-25,27-31H2,1-11H3,(H,58,61)(H2,59,60,64)/t32-,33-,35-,37-,38-,41+,42-,43?,44-,45-,46-,47-,48+,49-,50+,51-,52+,53+,56+,57+/m0/s1. The highest BCUT2D eigenvalue weighted by Gasteiger charge is 2.60. The normalized spacial score (nSPS) is 40.2. The molecule has 6 heterocycles. The summed E-state index contributed by atoms with van der Waals surface area (Å²) in [5.74, 6) is -2.73. The molecule has 0 radical (unpaired) electrons. The van der Waals surface area contributed by atoms with Crippen molar-refractivity contribution in [2.45, 2.75) is 224 Å². The van der Waals surface area contributed by atoms with Crippen LogP contribution in [-0.4, -0.2) is 159 Å². The number of hydrogen-bond donors (Lipinski definition) is 5. The van der Waals surface area contributed by atoms with Gasteiger partial charge in [-0.15, -0.1) is 0 Å². The minimum absolute atomic E-state index is 0.0133. The maximum absolute atomic E-state index is 14.4. The second-order valence-corrected chi connectivity index (χ2v) is 22.3. The van der Waals surface area contributed by atoms with E-state index in [1.807, 2.05) is 39.0 Å². The number of ether oxygens (including phenoxy) is 10. The third-order valence-electron chi connectivity index (χ3n) is 16.5. The van der Waals surface area contributed by atoms with Gasteiger partial charge < -0.3 is 68.2 Å². The number of esters is 1. The van der Waals surface area contributed by atoms with E-state index in [0.717, 1.165) is 37.7 Å². The number of allylic oxidation sites excluding steroid dienone is 2. The van der Waals surface area contributed by atoms with E-state index in [4.69, 9.17) is 52.2 Å². The fraction of sp³-hybridized carbons (Fsp3) is 0.772. The highest BCUT2D eigenvalue weighted by Crippen LogP contribution is 2.47. The summed E-state index contributed by atoms with van der Waals surface area (Å²) in [5, 5.41) is 29.5. The van der Waals surface area contributed by atoms with Crippen molar-refractivity contribution in [3.05, 3.63) is 59.3 Å². The Morgan fingerprint density at radius 3 is 2.21 bits per heavy atom. The SMILES string of the molecule is CC[C@H](C)[C@H]1O[C@]2(C=C[C@@H]1C)C[C@@H]1C[C@@H](CC=C(C)[C@@H](O[C@H]3C[C@H](OC)[C@@H](O[C@H]4C[C@H](OC)[C@H](ONC(=O)NCCCCCCNC(C)=O)[C@H](C)O4)[C@H](C)O3)[C@@H](C)C=CC=C3CO[C@@H]4[C@H](O)C(C)=CC(C(=O)O1)[C@]34O)O2. The van der Waals surface area contributed by atoms with Crippen LogP contribution in [0.4, 0.5) is 4.79 Å². The predicted octanol–water partition coefficient (Wildman–Crippen LogP) is 6.31. The van der Waals surface area contributed by atoms with E-state index in [0.29, 0.717) is 49.9 Å². The summed E-state index contributed by atoms with van der Waals surface area (Å²) in [7, 11) is 3.22. The number of hydroxylamine groups is 1. The fourth-order valence-corrected chi connectivity index (χ4v) is 11.9. The molecule has 4 fully saturated rings. The van der Waals surface area contributed by atoms with Gasteiger partial charge in [0, 0.05) is 71.8 Å². The maximum Gasteiger partial charge on any atom is 0.338 e. The number of fused-ring (bicyclic) bond motifs is 2. The molecule has 0 saturated carbocycles. The van der Waals surface area contributed by atoms with Gasteiger partial charge in [0.25, 0.3) is 0 Å². The van der Waals surface area contributed by atoms with Crippen LogP contribution in [0.15, 0.2) is 59.3 Å². The van der Waals surface area contributed by atoms with Gasteiger partial charge in [-0.3, -0.25) is 14.4 Å². The number of aliphatic hydroxyl groups is 2. The van der Waals surface area contributed by atoms with E-state index in [-0.39, 0.29) is 42.8 Å². The highest BCUT2D eigenvalue weighted by molar-refractivity contribution is 5.78. The van der Waals surface area contributed by atoms with Crippen molar-refractivity contribution in [1.82, 2.24) is 16.1 Å². The first-order valence-electron chi connectivity index (χ1n) is 27.9. The summed E-state index contributed by atoms with van der Waals surface area (Å²) in [6.45, 7) is 18.7. The van der Waals surface area contributed by atoms with Gasteiger partial charge >= 0.3 is 12.0 Å². The minimum Gasteiger partial charge on any atom is -0.462 e. The smallest absolute Gasteiger partial charge is 0.338 e. The highest BCUT2D eigenvalue weighted by atomic mass is 16.7. The Morgan fingerprint density at radius 2 is 1.53 bits per heavy atom. The van der Waals surface area contributed by atoms with Crippen LogP contribution in [0.25, 0.3) is 0 Å². The lowest BCUT2D eigenvalue weighted by atomic mass is 9.71.